The van der Waals surface area contributed by atoms with Crippen LogP contribution in [0.15, 0.2) is 16.7 Å². The zero-order chi connectivity index (χ0) is 18.2. The minimum atomic E-state index is -4.44. The fourth-order valence-electron chi connectivity index (χ4n) is 2.58. The molecule has 2 heterocycles. The largest absolute Gasteiger partial charge is 0.435 e. The number of hydrogen-bond acceptors (Lipinski definition) is 3. The van der Waals surface area contributed by atoms with Crippen LogP contribution in [0.1, 0.15) is 47.1 Å². The molecule has 0 aromatic carbocycles. The maximum absolute atomic E-state index is 12.8. The first-order valence-corrected chi connectivity index (χ1v) is 8.67. The van der Waals surface area contributed by atoms with E-state index in [0.29, 0.717) is 29.7 Å². The van der Waals surface area contributed by atoms with Gasteiger partial charge in [-0.15, -0.1) is 0 Å². The number of aryl methyl sites for hydroxylation is 2. The van der Waals surface area contributed by atoms with Gasteiger partial charge in [-0.25, -0.2) is 0 Å². The molecular weight excluding hydrogens is 403 g/mol. The number of alkyl halides is 3. The first-order valence-electron chi connectivity index (χ1n) is 7.88. The van der Waals surface area contributed by atoms with Gasteiger partial charge in [0.15, 0.2) is 11.4 Å². The fourth-order valence-corrected chi connectivity index (χ4v) is 3.14. The van der Waals surface area contributed by atoms with Gasteiger partial charge in [-0.3, -0.25) is 14.2 Å². The first kappa shape index (κ1) is 18.0. The van der Waals surface area contributed by atoms with Crippen LogP contribution in [-0.2, 0) is 19.8 Å². The second kappa shape index (κ2) is 6.81. The highest BCUT2D eigenvalue weighted by Crippen LogP contribution is 2.42. The van der Waals surface area contributed by atoms with Crippen LogP contribution in [0, 0.1) is 0 Å². The third-order valence-corrected chi connectivity index (χ3v) is 4.51. The topological polar surface area (TPSA) is 64.7 Å². The van der Waals surface area contributed by atoms with Crippen LogP contribution in [0.4, 0.5) is 13.2 Å². The van der Waals surface area contributed by atoms with Gasteiger partial charge in [-0.2, -0.15) is 23.4 Å². The zero-order valence-electron chi connectivity index (χ0n) is 13.5. The van der Waals surface area contributed by atoms with Gasteiger partial charge < -0.3 is 5.32 Å². The first-order chi connectivity index (χ1) is 11.8. The van der Waals surface area contributed by atoms with Crippen LogP contribution >= 0.6 is 15.9 Å². The van der Waals surface area contributed by atoms with E-state index in [1.807, 2.05) is 0 Å². The molecule has 2 aromatic heterocycles. The molecule has 0 saturated heterocycles. The summed E-state index contributed by atoms with van der Waals surface area (Å²) < 4.78 is 42.0. The van der Waals surface area contributed by atoms with E-state index in [1.54, 1.807) is 13.2 Å². The van der Waals surface area contributed by atoms with E-state index < -0.39 is 11.9 Å². The molecule has 1 N–H and O–H groups in total. The molecule has 1 saturated carbocycles. The molecular formula is C15H17BrF3N5O. The van der Waals surface area contributed by atoms with E-state index in [2.05, 4.69) is 31.4 Å². The fraction of sp³-hybridized carbons (Fsp3) is 0.533. The molecule has 0 bridgehead atoms. The smallest absolute Gasteiger partial charge is 0.351 e. The molecule has 0 radical (unpaired) electrons. The number of amides is 1. The maximum Gasteiger partial charge on any atom is 0.435 e. The van der Waals surface area contributed by atoms with Gasteiger partial charge in [-0.05, 0) is 41.3 Å². The summed E-state index contributed by atoms with van der Waals surface area (Å²) in [5.74, 6) is -0.158. The minimum absolute atomic E-state index is 0.169. The molecule has 2 aromatic rings. The Hall–Kier alpha value is -1.84. The quantitative estimate of drug-likeness (QED) is 0.731. The predicted molar refractivity (Wildman–Crippen MR) is 87.1 cm³/mol. The number of aromatic nitrogens is 4. The second-order valence-electron chi connectivity index (χ2n) is 6.06. The lowest BCUT2D eigenvalue weighted by molar-refractivity contribution is -0.141. The zero-order valence-corrected chi connectivity index (χ0v) is 15.1. The van der Waals surface area contributed by atoms with Crippen LogP contribution in [0.3, 0.4) is 0 Å². The molecule has 1 fully saturated rings. The Morgan fingerprint density at radius 2 is 2.12 bits per heavy atom. The van der Waals surface area contributed by atoms with E-state index in [1.165, 1.54) is 9.36 Å². The summed E-state index contributed by atoms with van der Waals surface area (Å²) in [6.45, 7) is 0.652. The van der Waals surface area contributed by atoms with E-state index in [4.69, 9.17) is 0 Å². The maximum atomic E-state index is 12.8. The SMILES string of the molecule is Cn1cc(Br)c(C(=O)NCCCn2nc(C(F)(F)F)cc2C2CC2)n1. The molecule has 136 valence electrons. The molecule has 3 rings (SSSR count). The highest BCUT2D eigenvalue weighted by Gasteiger charge is 2.37. The summed E-state index contributed by atoms with van der Waals surface area (Å²) in [4.78, 5) is 12.0. The van der Waals surface area contributed by atoms with E-state index in [0.717, 1.165) is 18.9 Å². The van der Waals surface area contributed by atoms with E-state index in [9.17, 15) is 18.0 Å². The van der Waals surface area contributed by atoms with Gasteiger partial charge in [0.1, 0.15) is 0 Å². The van der Waals surface area contributed by atoms with Gasteiger partial charge in [-0.1, -0.05) is 0 Å². The van der Waals surface area contributed by atoms with Crippen molar-refractivity contribution >= 4 is 21.8 Å². The number of hydrogen-bond donors (Lipinski definition) is 1. The normalized spacial score (nSPS) is 14.8. The van der Waals surface area contributed by atoms with Gasteiger partial charge >= 0.3 is 6.18 Å². The summed E-state index contributed by atoms with van der Waals surface area (Å²) >= 11 is 3.25. The van der Waals surface area contributed by atoms with E-state index in [-0.39, 0.29) is 17.5 Å². The van der Waals surface area contributed by atoms with Crippen molar-refractivity contribution in [1.29, 1.82) is 0 Å². The summed E-state index contributed by atoms with van der Waals surface area (Å²) in [5, 5.41) is 10.4. The Labute approximate surface area is 150 Å². The van der Waals surface area contributed by atoms with Crippen molar-refractivity contribution in [2.75, 3.05) is 6.54 Å². The molecule has 0 unspecified atom stereocenters. The van der Waals surface area contributed by atoms with Crippen LogP contribution in [0.2, 0.25) is 0 Å². The summed E-state index contributed by atoms with van der Waals surface area (Å²) in [6.07, 6.45) is -0.497. The highest BCUT2D eigenvalue weighted by molar-refractivity contribution is 9.10. The Morgan fingerprint density at radius 1 is 1.40 bits per heavy atom. The van der Waals surface area contributed by atoms with Crippen molar-refractivity contribution in [2.45, 2.75) is 37.9 Å². The minimum Gasteiger partial charge on any atom is -0.351 e. The van der Waals surface area contributed by atoms with Crippen LogP contribution < -0.4 is 5.32 Å². The van der Waals surface area contributed by atoms with Crippen molar-refractivity contribution in [3.8, 4) is 0 Å². The standard InChI is InChI=1S/C15H17BrF3N5O/c1-23-8-10(16)13(22-23)14(25)20-5-2-6-24-11(9-3-4-9)7-12(21-24)15(17,18)19/h7-9H,2-6H2,1H3,(H,20,25). The summed E-state index contributed by atoms with van der Waals surface area (Å²) in [5.41, 5.74) is 0.0570. The molecule has 6 nitrogen and oxygen atoms in total. The Morgan fingerprint density at radius 3 is 2.68 bits per heavy atom. The average molecular weight is 420 g/mol. The molecule has 0 aliphatic heterocycles. The molecule has 0 spiro atoms. The van der Waals surface area contributed by atoms with Crippen LogP contribution in [-0.4, -0.2) is 32.0 Å². The lowest BCUT2D eigenvalue weighted by atomic mass is 10.2. The second-order valence-corrected chi connectivity index (χ2v) is 6.91. The number of carbonyl (C=O) groups is 1. The molecule has 1 aliphatic rings. The third kappa shape index (κ3) is 4.23. The third-order valence-electron chi connectivity index (χ3n) is 3.93. The summed E-state index contributed by atoms with van der Waals surface area (Å²) in [6, 6.07) is 1.14. The number of halogens is 4. The van der Waals surface area contributed by atoms with Crippen molar-refractivity contribution in [1.82, 2.24) is 24.9 Å². The highest BCUT2D eigenvalue weighted by atomic mass is 79.9. The Bertz CT molecular complexity index is 779. The van der Waals surface area contributed by atoms with E-state index >= 15 is 0 Å². The number of nitrogens with one attached hydrogen (secondary N) is 1. The lowest BCUT2D eigenvalue weighted by Crippen LogP contribution is -2.26. The van der Waals surface area contributed by atoms with Crippen molar-refractivity contribution in [3.63, 3.8) is 0 Å². The van der Waals surface area contributed by atoms with Crippen molar-refractivity contribution in [3.05, 3.63) is 33.8 Å². The van der Waals surface area contributed by atoms with Crippen LogP contribution in [0.5, 0.6) is 0 Å². The van der Waals surface area contributed by atoms with Gasteiger partial charge in [0.05, 0.1) is 4.47 Å². The van der Waals surface area contributed by atoms with Gasteiger partial charge in [0.25, 0.3) is 5.91 Å². The lowest BCUT2D eigenvalue weighted by Gasteiger charge is -2.07. The number of carbonyl (C=O) groups excluding carboxylic acids is 1. The summed E-state index contributed by atoms with van der Waals surface area (Å²) in [7, 11) is 1.71. The predicted octanol–water partition coefficient (Wildman–Crippen LogP) is 3.10. The number of rotatable bonds is 6. The molecule has 25 heavy (non-hydrogen) atoms. The Kier molecular flexibility index (Phi) is 4.90. The Balaban J connectivity index is 1.56. The van der Waals surface area contributed by atoms with Gasteiger partial charge in [0.2, 0.25) is 0 Å². The molecule has 0 atom stereocenters. The van der Waals surface area contributed by atoms with Crippen molar-refractivity contribution < 1.29 is 18.0 Å². The van der Waals surface area contributed by atoms with Gasteiger partial charge in [0, 0.05) is 37.9 Å². The monoisotopic (exact) mass is 419 g/mol. The molecule has 10 heteroatoms. The average Bonchev–Trinajstić information content (AvgIpc) is 3.17. The molecule has 1 amide bonds. The number of nitrogens with zero attached hydrogens (tertiary/aromatic N) is 4. The van der Waals surface area contributed by atoms with Crippen molar-refractivity contribution in [2.24, 2.45) is 7.05 Å². The molecule has 1 aliphatic carbocycles. The van der Waals surface area contributed by atoms with Crippen LogP contribution in [0.25, 0.3) is 0 Å².